The average Bonchev–Trinajstić information content (AvgIpc) is 2.02. The third-order valence-electron chi connectivity index (χ3n) is 2.90. The molecule has 0 spiro atoms. The minimum Gasteiger partial charge on any atom is -0.311 e. The second-order valence-electron chi connectivity index (χ2n) is 4.16. The van der Waals surface area contributed by atoms with E-state index in [4.69, 9.17) is 0 Å². The lowest BCUT2D eigenvalue weighted by Gasteiger charge is -2.38. The maximum absolute atomic E-state index is 12.4. The second-order valence-corrected chi connectivity index (χ2v) is 4.16. The van der Waals surface area contributed by atoms with E-state index in [9.17, 15) is 13.2 Å². The molecule has 4 heteroatoms. The van der Waals surface area contributed by atoms with Crippen LogP contribution in [0.3, 0.4) is 0 Å². The molecule has 1 nitrogen and oxygen atoms in total. The van der Waals surface area contributed by atoms with Crippen molar-refractivity contribution in [1.82, 2.24) is 5.32 Å². The van der Waals surface area contributed by atoms with E-state index < -0.39 is 18.1 Å². The Kier molecular flexibility index (Phi) is 3.81. The van der Waals surface area contributed by atoms with Gasteiger partial charge in [-0.3, -0.25) is 0 Å². The molecule has 0 aromatic carbocycles. The molecule has 0 bridgehead atoms. The first-order valence-corrected chi connectivity index (χ1v) is 5.29. The third-order valence-corrected chi connectivity index (χ3v) is 2.90. The normalized spacial score (nSPS) is 22.3. The number of alkyl halides is 3. The molecule has 0 atom stereocenters. The largest absolute Gasteiger partial charge is 0.390 e. The summed E-state index contributed by atoms with van der Waals surface area (Å²) in [6, 6.07) is 0. The van der Waals surface area contributed by atoms with Gasteiger partial charge in [-0.25, -0.2) is 0 Å². The van der Waals surface area contributed by atoms with Gasteiger partial charge >= 0.3 is 6.18 Å². The Labute approximate surface area is 83.1 Å². The highest BCUT2D eigenvalue weighted by molar-refractivity contribution is 4.92. The molecule has 0 amide bonds. The van der Waals surface area contributed by atoms with Crippen LogP contribution in [-0.2, 0) is 0 Å². The first-order valence-electron chi connectivity index (χ1n) is 5.29. The van der Waals surface area contributed by atoms with E-state index in [2.05, 4.69) is 5.32 Å². The lowest BCUT2D eigenvalue weighted by atomic mass is 9.79. The van der Waals surface area contributed by atoms with Crippen LogP contribution in [0.4, 0.5) is 13.2 Å². The fourth-order valence-corrected chi connectivity index (χ4v) is 2.40. The van der Waals surface area contributed by atoms with E-state index in [1.54, 1.807) is 0 Å². The molecule has 1 aliphatic carbocycles. The summed E-state index contributed by atoms with van der Waals surface area (Å²) in [4.78, 5) is 0. The van der Waals surface area contributed by atoms with Crippen molar-refractivity contribution in [3.63, 3.8) is 0 Å². The molecular weight excluding hydrogens is 191 g/mol. The van der Waals surface area contributed by atoms with E-state index in [1.807, 2.05) is 6.92 Å². The van der Waals surface area contributed by atoms with Gasteiger partial charge in [0.2, 0.25) is 0 Å². The van der Waals surface area contributed by atoms with Gasteiger partial charge in [-0.2, -0.15) is 13.2 Å². The van der Waals surface area contributed by atoms with Crippen LogP contribution in [0.15, 0.2) is 0 Å². The second kappa shape index (κ2) is 4.51. The lowest BCUT2D eigenvalue weighted by molar-refractivity contribution is -0.153. The van der Waals surface area contributed by atoms with Crippen molar-refractivity contribution >= 4 is 0 Å². The quantitative estimate of drug-likeness (QED) is 0.752. The lowest BCUT2D eigenvalue weighted by Crippen LogP contribution is -2.49. The van der Waals surface area contributed by atoms with Gasteiger partial charge in [0.25, 0.3) is 0 Å². The van der Waals surface area contributed by atoms with Crippen LogP contribution in [-0.4, -0.2) is 18.3 Å². The summed E-state index contributed by atoms with van der Waals surface area (Å²) in [5.74, 6) is 0. The Bertz CT molecular complexity index is 165. The van der Waals surface area contributed by atoms with Gasteiger partial charge in [-0.15, -0.1) is 0 Å². The SMILES string of the molecule is CCNC1(CC(F)(F)F)CCCCC1. The minimum atomic E-state index is -4.04. The third kappa shape index (κ3) is 3.48. The van der Waals surface area contributed by atoms with Gasteiger partial charge in [0.05, 0.1) is 6.42 Å². The molecule has 0 aromatic rings. The van der Waals surface area contributed by atoms with Crippen LogP contribution in [0.25, 0.3) is 0 Å². The number of hydrogen-bond donors (Lipinski definition) is 1. The van der Waals surface area contributed by atoms with Crippen molar-refractivity contribution in [2.24, 2.45) is 0 Å². The van der Waals surface area contributed by atoms with Crippen molar-refractivity contribution in [2.75, 3.05) is 6.54 Å². The number of rotatable bonds is 3. The molecule has 0 aromatic heterocycles. The van der Waals surface area contributed by atoms with Gasteiger partial charge < -0.3 is 5.32 Å². The topological polar surface area (TPSA) is 12.0 Å². The summed E-state index contributed by atoms with van der Waals surface area (Å²) >= 11 is 0. The Balaban J connectivity index is 2.60. The standard InChI is InChI=1S/C10H18F3N/c1-2-14-9(8-10(11,12)13)6-4-3-5-7-9/h14H,2-8H2,1H3. The first kappa shape index (κ1) is 11.8. The Morgan fingerprint density at radius 3 is 2.14 bits per heavy atom. The van der Waals surface area contributed by atoms with Crippen LogP contribution < -0.4 is 5.32 Å². The van der Waals surface area contributed by atoms with Crippen LogP contribution in [0.2, 0.25) is 0 Å². The van der Waals surface area contributed by atoms with E-state index >= 15 is 0 Å². The van der Waals surface area contributed by atoms with Gasteiger partial charge in [-0.1, -0.05) is 26.2 Å². The Morgan fingerprint density at radius 2 is 1.71 bits per heavy atom. The Morgan fingerprint density at radius 1 is 1.14 bits per heavy atom. The van der Waals surface area contributed by atoms with Gasteiger partial charge in [-0.05, 0) is 19.4 Å². The van der Waals surface area contributed by atoms with Crippen LogP contribution >= 0.6 is 0 Å². The summed E-state index contributed by atoms with van der Waals surface area (Å²) in [6.45, 7) is 2.49. The predicted molar refractivity (Wildman–Crippen MR) is 50.2 cm³/mol. The molecule has 0 aliphatic heterocycles. The van der Waals surface area contributed by atoms with Crippen molar-refractivity contribution in [3.8, 4) is 0 Å². The number of halogens is 3. The van der Waals surface area contributed by atoms with Crippen LogP contribution in [0.5, 0.6) is 0 Å². The molecule has 1 aliphatic rings. The van der Waals surface area contributed by atoms with Crippen molar-refractivity contribution < 1.29 is 13.2 Å². The minimum absolute atomic E-state index is 0.621. The maximum atomic E-state index is 12.4. The fraction of sp³-hybridized carbons (Fsp3) is 1.00. The van der Waals surface area contributed by atoms with E-state index in [1.165, 1.54) is 0 Å². The van der Waals surface area contributed by atoms with E-state index in [0.717, 1.165) is 19.3 Å². The Hall–Kier alpha value is -0.250. The zero-order chi connectivity index (χ0) is 10.7. The van der Waals surface area contributed by atoms with Crippen molar-refractivity contribution in [2.45, 2.75) is 57.2 Å². The first-order chi connectivity index (χ1) is 6.47. The molecule has 1 N–H and O–H groups in total. The van der Waals surface area contributed by atoms with Gasteiger partial charge in [0.15, 0.2) is 0 Å². The summed E-state index contributed by atoms with van der Waals surface area (Å²) in [5.41, 5.74) is -0.661. The van der Waals surface area contributed by atoms with Crippen molar-refractivity contribution in [3.05, 3.63) is 0 Å². The van der Waals surface area contributed by atoms with Crippen molar-refractivity contribution in [1.29, 1.82) is 0 Å². The summed E-state index contributed by atoms with van der Waals surface area (Å²) < 4.78 is 37.1. The molecular formula is C10H18F3N. The average molecular weight is 209 g/mol. The summed E-state index contributed by atoms with van der Waals surface area (Å²) in [6.07, 6.45) is -0.467. The highest BCUT2D eigenvalue weighted by atomic mass is 19.4. The zero-order valence-corrected chi connectivity index (χ0v) is 8.58. The molecule has 0 radical (unpaired) electrons. The zero-order valence-electron chi connectivity index (χ0n) is 8.58. The summed E-state index contributed by atoms with van der Waals surface area (Å²) in [5, 5.41) is 3.03. The van der Waals surface area contributed by atoms with E-state index in [0.29, 0.717) is 19.4 Å². The van der Waals surface area contributed by atoms with E-state index in [-0.39, 0.29) is 0 Å². The molecule has 0 saturated heterocycles. The van der Waals surface area contributed by atoms with Gasteiger partial charge in [0.1, 0.15) is 0 Å². The van der Waals surface area contributed by atoms with Crippen LogP contribution in [0.1, 0.15) is 45.4 Å². The monoisotopic (exact) mass is 209 g/mol. The molecule has 0 heterocycles. The highest BCUT2D eigenvalue weighted by Gasteiger charge is 2.42. The maximum Gasteiger partial charge on any atom is 0.390 e. The fourth-order valence-electron chi connectivity index (χ4n) is 2.40. The highest BCUT2D eigenvalue weighted by Crippen LogP contribution is 2.37. The molecule has 14 heavy (non-hydrogen) atoms. The molecule has 1 saturated carbocycles. The molecule has 84 valence electrons. The number of nitrogens with one attached hydrogen (secondary N) is 1. The van der Waals surface area contributed by atoms with Crippen LogP contribution in [0, 0.1) is 0 Å². The predicted octanol–water partition coefficient (Wildman–Crippen LogP) is 3.25. The molecule has 0 unspecified atom stereocenters. The molecule has 1 fully saturated rings. The molecule has 1 rings (SSSR count). The number of hydrogen-bond acceptors (Lipinski definition) is 1. The van der Waals surface area contributed by atoms with Gasteiger partial charge in [0, 0.05) is 5.54 Å². The smallest absolute Gasteiger partial charge is 0.311 e. The summed E-state index contributed by atoms with van der Waals surface area (Å²) in [7, 11) is 0.